The summed E-state index contributed by atoms with van der Waals surface area (Å²) < 4.78 is 0. The number of rotatable bonds is 1. The first kappa shape index (κ1) is 6.22. The van der Waals surface area contributed by atoms with Gasteiger partial charge in [-0.1, -0.05) is 0 Å². The van der Waals surface area contributed by atoms with Gasteiger partial charge in [-0.05, 0) is 18.2 Å². The van der Waals surface area contributed by atoms with E-state index in [2.05, 4.69) is 15.3 Å². The molecule has 2 aromatic rings. The summed E-state index contributed by atoms with van der Waals surface area (Å²) in [5, 5.41) is 3.06. The van der Waals surface area contributed by atoms with Crippen molar-refractivity contribution in [2.45, 2.75) is 0 Å². The van der Waals surface area contributed by atoms with E-state index in [1.165, 1.54) is 0 Å². The Morgan fingerprint density at radius 2 is 2.36 bits per heavy atom. The molecule has 2 N–H and O–H groups in total. The fourth-order valence-corrected chi connectivity index (χ4v) is 1.09. The fourth-order valence-electron chi connectivity index (χ4n) is 1.09. The summed E-state index contributed by atoms with van der Waals surface area (Å²) in [6, 6.07) is 6.03. The second kappa shape index (κ2) is 2.27. The van der Waals surface area contributed by atoms with Gasteiger partial charge in [0.1, 0.15) is 0 Å². The molecule has 11 heavy (non-hydrogen) atoms. The highest BCUT2D eigenvalue weighted by atomic mass is 14.9. The summed E-state index contributed by atoms with van der Waals surface area (Å²) in [5.74, 6) is 0. The molecule has 0 radical (unpaired) electrons. The second-order valence-electron chi connectivity index (χ2n) is 2.38. The molecule has 0 aliphatic carbocycles. The molecule has 3 heteroatoms. The first-order chi connectivity index (χ1) is 5.40. The van der Waals surface area contributed by atoms with Crippen molar-refractivity contribution in [3.8, 4) is 0 Å². The van der Waals surface area contributed by atoms with Gasteiger partial charge in [-0.3, -0.25) is 0 Å². The van der Waals surface area contributed by atoms with E-state index in [4.69, 9.17) is 0 Å². The van der Waals surface area contributed by atoms with Crippen molar-refractivity contribution >= 4 is 16.7 Å². The molecule has 1 aromatic heterocycles. The largest absolute Gasteiger partial charge is 0.388 e. The second-order valence-corrected chi connectivity index (χ2v) is 2.38. The van der Waals surface area contributed by atoms with Gasteiger partial charge in [-0.25, -0.2) is 4.98 Å². The lowest BCUT2D eigenvalue weighted by atomic mass is 10.3. The van der Waals surface area contributed by atoms with Crippen molar-refractivity contribution in [3.05, 3.63) is 24.5 Å². The normalized spacial score (nSPS) is 10.3. The van der Waals surface area contributed by atoms with Crippen molar-refractivity contribution in [3.63, 3.8) is 0 Å². The van der Waals surface area contributed by atoms with Crippen LogP contribution in [0.2, 0.25) is 0 Å². The molecular weight excluding hydrogens is 138 g/mol. The molecule has 0 atom stereocenters. The summed E-state index contributed by atoms with van der Waals surface area (Å²) in [6.07, 6.45) is 1.70. The standard InChI is InChI=1S/C8H9N3/c1-9-6-2-3-7-8(4-6)11-5-10-7/h2-5,9H,1H3,(H,10,11). The molecule has 3 nitrogen and oxygen atoms in total. The number of anilines is 1. The van der Waals surface area contributed by atoms with Crippen LogP contribution >= 0.6 is 0 Å². The number of aromatic nitrogens is 2. The molecule has 0 aliphatic rings. The number of imidazole rings is 1. The number of hydrogen-bond donors (Lipinski definition) is 2. The van der Waals surface area contributed by atoms with Gasteiger partial charge in [0.15, 0.2) is 0 Å². The zero-order valence-electron chi connectivity index (χ0n) is 6.26. The SMILES string of the molecule is CNc1ccc2[nH]cnc2c1. The molecule has 0 bridgehead atoms. The van der Waals surface area contributed by atoms with E-state index in [9.17, 15) is 0 Å². The number of nitrogens with one attached hydrogen (secondary N) is 2. The Hall–Kier alpha value is -1.51. The number of benzene rings is 1. The van der Waals surface area contributed by atoms with Crippen LogP contribution in [-0.2, 0) is 0 Å². The van der Waals surface area contributed by atoms with Crippen molar-refractivity contribution in [2.24, 2.45) is 0 Å². The molecule has 0 fully saturated rings. The predicted molar refractivity (Wildman–Crippen MR) is 45.6 cm³/mol. The smallest absolute Gasteiger partial charge is 0.0931 e. The van der Waals surface area contributed by atoms with Crippen molar-refractivity contribution < 1.29 is 0 Å². The Morgan fingerprint density at radius 3 is 3.18 bits per heavy atom. The minimum atomic E-state index is 0.997. The summed E-state index contributed by atoms with van der Waals surface area (Å²) in [6.45, 7) is 0. The van der Waals surface area contributed by atoms with Gasteiger partial charge >= 0.3 is 0 Å². The number of aromatic amines is 1. The molecule has 0 amide bonds. The van der Waals surface area contributed by atoms with Gasteiger partial charge in [0, 0.05) is 12.7 Å². The fraction of sp³-hybridized carbons (Fsp3) is 0.125. The number of nitrogens with zero attached hydrogens (tertiary/aromatic N) is 1. The topological polar surface area (TPSA) is 40.7 Å². The van der Waals surface area contributed by atoms with Crippen LogP contribution in [0, 0.1) is 0 Å². The van der Waals surface area contributed by atoms with Crippen molar-refractivity contribution in [1.82, 2.24) is 9.97 Å². The molecular formula is C8H9N3. The molecule has 0 saturated carbocycles. The maximum atomic E-state index is 4.13. The van der Waals surface area contributed by atoms with Crippen LogP contribution in [-0.4, -0.2) is 17.0 Å². The van der Waals surface area contributed by atoms with Crippen LogP contribution in [0.15, 0.2) is 24.5 Å². The lowest BCUT2D eigenvalue weighted by Gasteiger charge is -1.96. The monoisotopic (exact) mass is 147 g/mol. The Labute approximate surface area is 64.5 Å². The van der Waals surface area contributed by atoms with Crippen LogP contribution in [0.25, 0.3) is 11.0 Å². The zero-order valence-corrected chi connectivity index (χ0v) is 6.26. The minimum absolute atomic E-state index is 0.997. The highest BCUT2D eigenvalue weighted by molar-refractivity contribution is 5.78. The van der Waals surface area contributed by atoms with E-state index in [0.717, 1.165) is 16.7 Å². The maximum absolute atomic E-state index is 4.13. The van der Waals surface area contributed by atoms with Crippen LogP contribution in [0.5, 0.6) is 0 Å². The number of H-pyrrole nitrogens is 1. The molecule has 56 valence electrons. The minimum Gasteiger partial charge on any atom is -0.388 e. The molecule has 0 spiro atoms. The Morgan fingerprint density at radius 1 is 1.45 bits per heavy atom. The Kier molecular flexibility index (Phi) is 1.28. The summed E-state index contributed by atoms with van der Waals surface area (Å²) >= 11 is 0. The zero-order chi connectivity index (χ0) is 7.68. The van der Waals surface area contributed by atoms with Crippen molar-refractivity contribution in [1.29, 1.82) is 0 Å². The van der Waals surface area contributed by atoms with E-state index < -0.39 is 0 Å². The van der Waals surface area contributed by atoms with E-state index in [1.54, 1.807) is 6.33 Å². The van der Waals surface area contributed by atoms with Crippen LogP contribution < -0.4 is 5.32 Å². The van der Waals surface area contributed by atoms with E-state index in [-0.39, 0.29) is 0 Å². The van der Waals surface area contributed by atoms with Crippen LogP contribution in [0.1, 0.15) is 0 Å². The van der Waals surface area contributed by atoms with Gasteiger partial charge in [-0.2, -0.15) is 0 Å². The van der Waals surface area contributed by atoms with E-state index >= 15 is 0 Å². The predicted octanol–water partition coefficient (Wildman–Crippen LogP) is 1.60. The average Bonchev–Trinajstić information content (AvgIpc) is 2.50. The first-order valence-corrected chi connectivity index (χ1v) is 3.51. The molecule has 0 saturated heterocycles. The van der Waals surface area contributed by atoms with Gasteiger partial charge in [0.2, 0.25) is 0 Å². The molecule has 2 rings (SSSR count). The third kappa shape index (κ3) is 0.941. The Balaban J connectivity index is 2.67. The van der Waals surface area contributed by atoms with Crippen molar-refractivity contribution in [2.75, 3.05) is 12.4 Å². The molecule has 1 heterocycles. The third-order valence-corrected chi connectivity index (χ3v) is 1.71. The average molecular weight is 147 g/mol. The quantitative estimate of drug-likeness (QED) is 0.643. The highest BCUT2D eigenvalue weighted by Crippen LogP contribution is 2.14. The van der Waals surface area contributed by atoms with Gasteiger partial charge in [0.25, 0.3) is 0 Å². The van der Waals surface area contributed by atoms with Crippen LogP contribution in [0.3, 0.4) is 0 Å². The first-order valence-electron chi connectivity index (χ1n) is 3.51. The number of fused-ring (bicyclic) bond motifs is 1. The number of hydrogen-bond acceptors (Lipinski definition) is 2. The third-order valence-electron chi connectivity index (χ3n) is 1.71. The van der Waals surface area contributed by atoms with E-state index in [0.29, 0.717) is 0 Å². The Bertz CT molecular complexity index is 364. The summed E-state index contributed by atoms with van der Waals surface area (Å²) in [4.78, 5) is 7.16. The highest BCUT2D eigenvalue weighted by Gasteiger charge is 1.94. The molecule has 0 aliphatic heterocycles. The van der Waals surface area contributed by atoms with Crippen LogP contribution in [0.4, 0.5) is 5.69 Å². The molecule has 0 unspecified atom stereocenters. The van der Waals surface area contributed by atoms with Gasteiger partial charge in [-0.15, -0.1) is 0 Å². The maximum Gasteiger partial charge on any atom is 0.0931 e. The van der Waals surface area contributed by atoms with Gasteiger partial charge < -0.3 is 10.3 Å². The van der Waals surface area contributed by atoms with Gasteiger partial charge in [0.05, 0.1) is 17.4 Å². The molecule has 1 aromatic carbocycles. The summed E-state index contributed by atoms with van der Waals surface area (Å²) in [7, 11) is 1.90. The lowest BCUT2D eigenvalue weighted by Crippen LogP contribution is -1.86. The lowest BCUT2D eigenvalue weighted by molar-refractivity contribution is 1.34. The van der Waals surface area contributed by atoms with E-state index in [1.807, 2.05) is 25.2 Å². The summed E-state index contributed by atoms with van der Waals surface area (Å²) in [5.41, 5.74) is 3.16.